The van der Waals surface area contributed by atoms with Gasteiger partial charge < -0.3 is 24.8 Å². The number of halogens is 2. The number of hydrogen-bond acceptors (Lipinski definition) is 0. The van der Waals surface area contributed by atoms with Gasteiger partial charge in [0.15, 0.2) is 0 Å². The van der Waals surface area contributed by atoms with Crippen molar-refractivity contribution in [2.24, 2.45) is 0 Å². The van der Waals surface area contributed by atoms with E-state index in [0.29, 0.717) is 0 Å². The Labute approximate surface area is 202 Å². The third kappa shape index (κ3) is 3.53. The molecule has 6 rings (SSSR count). The molecule has 0 saturated heterocycles. The second-order valence-corrected chi connectivity index (χ2v) is 7.73. The molecule has 2 aliphatic rings. The van der Waals surface area contributed by atoms with Crippen LogP contribution in [0.2, 0.25) is 0 Å². The predicted octanol–water partition coefficient (Wildman–Crippen LogP) is 0.425. The minimum Gasteiger partial charge on any atom is -1.00 e. The molecule has 0 saturated carbocycles. The number of hydrogen-bond donors (Lipinski definition) is 0. The number of fused-ring (bicyclic) bond motifs is 6. The van der Waals surface area contributed by atoms with Crippen molar-refractivity contribution in [1.82, 2.24) is 0 Å². The molecule has 0 nitrogen and oxygen atoms in total. The van der Waals surface area contributed by atoms with E-state index in [-0.39, 0.29) is 43.4 Å². The molecule has 0 N–H and O–H groups in total. The van der Waals surface area contributed by atoms with Crippen molar-refractivity contribution >= 4 is 0 Å². The van der Waals surface area contributed by atoms with E-state index >= 15 is 0 Å². The van der Waals surface area contributed by atoms with Crippen molar-refractivity contribution in [3.8, 4) is 22.3 Å². The largest absolute Gasteiger partial charge is 2.00 e. The van der Waals surface area contributed by atoms with Crippen LogP contribution < -0.4 is 24.8 Å². The van der Waals surface area contributed by atoms with Crippen LogP contribution in [-0.2, 0) is 37.8 Å². The molecule has 3 heteroatoms. The van der Waals surface area contributed by atoms with Gasteiger partial charge in [0, 0.05) is 0 Å². The summed E-state index contributed by atoms with van der Waals surface area (Å²) in [5.74, 6) is 0. The second kappa shape index (κ2) is 9.04. The van der Waals surface area contributed by atoms with Gasteiger partial charge in [-0.25, -0.2) is 0 Å². The second-order valence-electron chi connectivity index (χ2n) is 7.73. The SMILES string of the molecule is [Cl-].[Cl-].[V+2].c1ccc2c(c1)Cc1c(Cc3cccc4c3Cc3ccccc3-4)cccc1-2. The van der Waals surface area contributed by atoms with E-state index in [1.807, 2.05) is 0 Å². The summed E-state index contributed by atoms with van der Waals surface area (Å²) in [6, 6.07) is 31.4. The van der Waals surface area contributed by atoms with Crippen LogP contribution in [0.25, 0.3) is 22.3 Å². The van der Waals surface area contributed by atoms with Crippen molar-refractivity contribution in [3.05, 3.63) is 118 Å². The molecule has 0 fully saturated rings. The van der Waals surface area contributed by atoms with Gasteiger partial charge in [-0.15, -0.1) is 0 Å². The van der Waals surface area contributed by atoms with Crippen molar-refractivity contribution in [1.29, 1.82) is 0 Å². The Morgan fingerprint density at radius 1 is 0.467 bits per heavy atom. The summed E-state index contributed by atoms with van der Waals surface area (Å²) in [5.41, 5.74) is 14.6. The first-order valence-corrected chi connectivity index (χ1v) is 9.76. The quantitative estimate of drug-likeness (QED) is 0.348. The van der Waals surface area contributed by atoms with Crippen molar-refractivity contribution in [3.63, 3.8) is 0 Å². The van der Waals surface area contributed by atoms with Gasteiger partial charge >= 0.3 is 18.6 Å². The van der Waals surface area contributed by atoms with Gasteiger partial charge in [0.1, 0.15) is 0 Å². The zero-order valence-corrected chi connectivity index (χ0v) is 19.3. The van der Waals surface area contributed by atoms with E-state index in [1.165, 1.54) is 55.6 Å². The van der Waals surface area contributed by atoms with Crippen LogP contribution in [0.5, 0.6) is 0 Å². The third-order valence-electron chi connectivity index (χ3n) is 6.28. The molecule has 4 aromatic rings. The average molecular weight is 466 g/mol. The smallest absolute Gasteiger partial charge is 1.00 e. The van der Waals surface area contributed by atoms with E-state index in [2.05, 4.69) is 84.9 Å². The molecule has 147 valence electrons. The fraction of sp³-hybridized carbons (Fsp3) is 0.111. The molecule has 0 unspecified atom stereocenters. The summed E-state index contributed by atoms with van der Waals surface area (Å²) in [6.45, 7) is 0. The van der Waals surface area contributed by atoms with Crippen molar-refractivity contribution < 1.29 is 43.4 Å². The molecule has 0 aromatic heterocycles. The molecule has 30 heavy (non-hydrogen) atoms. The summed E-state index contributed by atoms with van der Waals surface area (Å²) < 4.78 is 0. The minimum absolute atomic E-state index is 0. The third-order valence-corrected chi connectivity index (χ3v) is 6.28. The Balaban J connectivity index is 0.000000853. The van der Waals surface area contributed by atoms with Gasteiger partial charge in [-0.1, -0.05) is 84.9 Å². The molecule has 4 aromatic carbocycles. The Morgan fingerprint density at radius 2 is 0.867 bits per heavy atom. The van der Waals surface area contributed by atoms with Crippen LogP contribution in [0, 0.1) is 0 Å². The summed E-state index contributed by atoms with van der Waals surface area (Å²) in [6.07, 6.45) is 3.15. The average Bonchev–Trinajstić information content (AvgIpc) is 3.28. The predicted molar refractivity (Wildman–Crippen MR) is 112 cm³/mol. The van der Waals surface area contributed by atoms with E-state index in [9.17, 15) is 0 Å². The summed E-state index contributed by atoms with van der Waals surface area (Å²) in [7, 11) is 0. The van der Waals surface area contributed by atoms with Crippen molar-refractivity contribution in [2.45, 2.75) is 19.3 Å². The summed E-state index contributed by atoms with van der Waals surface area (Å²) >= 11 is 0. The van der Waals surface area contributed by atoms with Crippen LogP contribution in [0.3, 0.4) is 0 Å². The topological polar surface area (TPSA) is 0 Å². The van der Waals surface area contributed by atoms with E-state index < -0.39 is 0 Å². The molecular formula is C27H20Cl2V. The monoisotopic (exact) mass is 465 g/mol. The maximum Gasteiger partial charge on any atom is 2.00 e. The van der Waals surface area contributed by atoms with E-state index in [1.54, 1.807) is 0 Å². The zero-order chi connectivity index (χ0) is 17.8. The Hall–Kier alpha value is -1.96. The van der Waals surface area contributed by atoms with Gasteiger partial charge in [0.2, 0.25) is 0 Å². The van der Waals surface area contributed by atoms with Gasteiger partial charge in [-0.05, 0) is 74.9 Å². The van der Waals surface area contributed by atoms with Crippen LogP contribution in [-0.4, -0.2) is 0 Å². The molecule has 0 atom stereocenters. The first-order valence-electron chi connectivity index (χ1n) is 9.76. The fourth-order valence-corrected chi connectivity index (χ4v) is 4.98. The fourth-order valence-electron chi connectivity index (χ4n) is 4.98. The molecule has 0 heterocycles. The van der Waals surface area contributed by atoms with Gasteiger partial charge in [0.05, 0.1) is 0 Å². The maximum absolute atomic E-state index is 2.33. The summed E-state index contributed by atoms with van der Waals surface area (Å²) in [4.78, 5) is 0. The Bertz CT molecular complexity index is 1120. The zero-order valence-electron chi connectivity index (χ0n) is 16.4. The normalized spacial score (nSPS) is 11.7. The van der Waals surface area contributed by atoms with Gasteiger partial charge in [-0.3, -0.25) is 0 Å². The molecule has 0 spiro atoms. The number of rotatable bonds is 2. The minimum atomic E-state index is 0. The van der Waals surface area contributed by atoms with Crippen molar-refractivity contribution in [2.75, 3.05) is 0 Å². The molecular weight excluding hydrogens is 446 g/mol. The molecule has 0 bridgehead atoms. The summed E-state index contributed by atoms with van der Waals surface area (Å²) in [5, 5.41) is 0. The van der Waals surface area contributed by atoms with Crippen LogP contribution >= 0.6 is 0 Å². The van der Waals surface area contributed by atoms with Gasteiger partial charge in [0.25, 0.3) is 0 Å². The molecule has 1 radical (unpaired) electrons. The van der Waals surface area contributed by atoms with E-state index in [0.717, 1.165) is 19.3 Å². The maximum atomic E-state index is 2.33. The standard InChI is InChI=1S/C27H20.2ClH.V/c1-3-11-22-20(7-1)16-26-18(9-5-13-24(22)26)15-19-10-6-14-25-23-12-4-2-8-21(23)17-27(19)25;;;/h1-14H,15-17H2;2*1H;/q;;;+2/p-2. The van der Waals surface area contributed by atoms with E-state index in [4.69, 9.17) is 0 Å². The molecule has 0 amide bonds. The number of benzene rings is 4. The first kappa shape index (κ1) is 22.7. The Morgan fingerprint density at radius 3 is 1.33 bits per heavy atom. The first-order chi connectivity index (χ1) is 13.4. The van der Waals surface area contributed by atoms with Gasteiger partial charge in [-0.2, -0.15) is 0 Å². The molecule has 0 aliphatic heterocycles. The molecule has 2 aliphatic carbocycles. The van der Waals surface area contributed by atoms with Crippen LogP contribution in [0.15, 0.2) is 84.9 Å². The Kier molecular flexibility index (Phi) is 6.85. The van der Waals surface area contributed by atoms with Crippen LogP contribution in [0.4, 0.5) is 0 Å². The van der Waals surface area contributed by atoms with Crippen LogP contribution in [0.1, 0.15) is 33.4 Å².